The van der Waals surface area contributed by atoms with Gasteiger partial charge in [-0.3, -0.25) is 0 Å². The van der Waals surface area contributed by atoms with Gasteiger partial charge in [0.05, 0.1) is 0 Å². The van der Waals surface area contributed by atoms with Gasteiger partial charge in [-0.25, -0.2) is 0 Å². The molecule has 0 spiro atoms. The Balaban J connectivity index is 2.22. The van der Waals surface area contributed by atoms with E-state index in [0.29, 0.717) is 17.9 Å². The van der Waals surface area contributed by atoms with Crippen LogP contribution < -0.4 is 0 Å². The second-order valence-electron chi connectivity index (χ2n) is 9.20. The van der Waals surface area contributed by atoms with E-state index >= 15 is 0 Å². The van der Waals surface area contributed by atoms with Crippen molar-refractivity contribution in [2.75, 3.05) is 0 Å². The predicted molar refractivity (Wildman–Crippen MR) is 124 cm³/mol. The molecule has 2 rings (SSSR count). The van der Waals surface area contributed by atoms with E-state index in [4.69, 9.17) is 9.15 Å². The van der Waals surface area contributed by atoms with Gasteiger partial charge in [-0.15, -0.1) is 0 Å². The molecule has 0 N–H and O–H groups in total. The van der Waals surface area contributed by atoms with Crippen molar-refractivity contribution in [2.24, 2.45) is 17.8 Å². The SMILES string of the molecule is C[CH2][Ge]([CH2]C)([CH2]C)[CH2]/C=C(\C=C\c1ccco1)O[C@H]1C[C@@H](C)CC[C@@H]1C(C)C. The summed E-state index contributed by atoms with van der Waals surface area (Å²) >= 11 is -1.76. The van der Waals surface area contributed by atoms with Gasteiger partial charge < -0.3 is 0 Å². The first kappa shape index (κ1) is 23.4. The molecule has 1 aromatic heterocycles. The molecule has 1 heterocycles. The Kier molecular flexibility index (Phi) is 9.46. The molecule has 3 atom stereocenters. The van der Waals surface area contributed by atoms with Gasteiger partial charge in [-0.05, 0) is 0 Å². The normalized spacial score (nSPS) is 24.2. The molecule has 1 fully saturated rings. The Morgan fingerprint density at radius 3 is 2.50 bits per heavy atom. The molecular weight excluding hydrogens is 405 g/mol. The van der Waals surface area contributed by atoms with E-state index in [0.717, 1.165) is 17.4 Å². The number of hydrogen-bond donors (Lipinski definition) is 0. The first-order chi connectivity index (χ1) is 13.4. The second kappa shape index (κ2) is 11.3. The van der Waals surface area contributed by atoms with Crippen molar-refractivity contribution in [1.82, 2.24) is 0 Å². The van der Waals surface area contributed by atoms with Gasteiger partial charge >= 0.3 is 176 Å². The van der Waals surface area contributed by atoms with Crippen molar-refractivity contribution < 1.29 is 9.15 Å². The quantitative estimate of drug-likeness (QED) is 0.205. The molecule has 2 nitrogen and oxygen atoms in total. The predicted octanol–water partition coefficient (Wildman–Crippen LogP) is 8.16. The van der Waals surface area contributed by atoms with Gasteiger partial charge in [0.15, 0.2) is 0 Å². The molecule has 3 heteroatoms. The Morgan fingerprint density at radius 2 is 1.93 bits per heavy atom. The molecule has 0 radical (unpaired) electrons. The van der Waals surface area contributed by atoms with Crippen molar-refractivity contribution in [1.29, 1.82) is 0 Å². The van der Waals surface area contributed by atoms with Crippen LogP contribution in [-0.2, 0) is 4.74 Å². The molecule has 0 saturated heterocycles. The summed E-state index contributed by atoms with van der Waals surface area (Å²) in [5.74, 6) is 4.04. The molecule has 158 valence electrons. The third-order valence-corrected chi connectivity index (χ3v) is 18.9. The van der Waals surface area contributed by atoms with Crippen LogP contribution in [0.4, 0.5) is 0 Å². The van der Waals surface area contributed by atoms with Gasteiger partial charge in [-0.1, -0.05) is 0 Å². The number of ether oxygens (including phenoxy) is 1. The van der Waals surface area contributed by atoms with Gasteiger partial charge in [0, 0.05) is 0 Å². The van der Waals surface area contributed by atoms with Crippen LogP contribution in [0, 0.1) is 17.8 Å². The fourth-order valence-corrected chi connectivity index (χ4v) is 10.9. The van der Waals surface area contributed by atoms with Crippen molar-refractivity contribution >= 4 is 19.3 Å². The van der Waals surface area contributed by atoms with Gasteiger partial charge in [0.1, 0.15) is 0 Å². The molecule has 0 bridgehead atoms. The van der Waals surface area contributed by atoms with E-state index in [9.17, 15) is 0 Å². The van der Waals surface area contributed by atoms with Gasteiger partial charge in [0.2, 0.25) is 0 Å². The molecule has 0 aromatic carbocycles. The van der Waals surface area contributed by atoms with Gasteiger partial charge in [-0.2, -0.15) is 0 Å². The van der Waals surface area contributed by atoms with Crippen molar-refractivity contribution in [2.45, 2.75) is 87.9 Å². The molecule has 28 heavy (non-hydrogen) atoms. The summed E-state index contributed by atoms with van der Waals surface area (Å²) < 4.78 is 12.2. The average Bonchev–Trinajstić information content (AvgIpc) is 3.20. The van der Waals surface area contributed by atoms with Crippen LogP contribution >= 0.6 is 0 Å². The minimum atomic E-state index is -1.76. The van der Waals surface area contributed by atoms with Crippen molar-refractivity contribution in [3.8, 4) is 0 Å². The van der Waals surface area contributed by atoms with Crippen LogP contribution in [-0.4, -0.2) is 19.4 Å². The molecule has 0 aliphatic heterocycles. The van der Waals surface area contributed by atoms with E-state index in [1.807, 2.05) is 12.1 Å². The summed E-state index contributed by atoms with van der Waals surface area (Å²) in [6, 6.07) is 3.94. The zero-order valence-electron chi connectivity index (χ0n) is 19.0. The molecule has 1 aromatic rings. The standard InChI is InChI=1S/C25H42GeO2/c1-7-26(8-2,9-3)17-16-23(14-13-22-11-10-18-27-22)28-25-19-21(6)12-15-24(25)20(4)5/h10-11,13-14,16,18,20-21,24-25H,7-9,12,15,17,19H2,1-6H3/b14-13+,23-16+/t21-,24+,25-/m0/s1. The van der Waals surface area contributed by atoms with Gasteiger partial charge in [0.25, 0.3) is 0 Å². The third kappa shape index (κ3) is 6.57. The van der Waals surface area contributed by atoms with Crippen LogP contribution in [0.5, 0.6) is 0 Å². The Morgan fingerprint density at radius 1 is 1.21 bits per heavy atom. The molecule has 1 saturated carbocycles. The first-order valence-electron chi connectivity index (χ1n) is 11.5. The van der Waals surface area contributed by atoms with Crippen LogP contribution in [0.3, 0.4) is 0 Å². The summed E-state index contributed by atoms with van der Waals surface area (Å²) in [6.07, 6.45) is 12.5. The molecular formula is C25H42GeO2. The maximum atomic E-state index is 6.73. The monoisotopic (exact) mass is 448 g/mol. The fourth-order valence-electron chi connectivity index (χ4n) is 4.63. The second-order valence-corrected chi connectivity index (χ2v) is 20.8. The topological polar surface area (TPSA) is 22.4 Å². The average molecular weight is 447 g/mol. The third-order valence-electron chi connectivity index (χ3n) is 7.19. The maximum absolute atomic E-state index is 6.73. The van der Waals surface area contributed by atoms with Crippen LogP contribution in [0.15, 0.2) is 40.7 Å². The van der Waals surface area contributed by atoms with E-state index in [1.165, 1.54) is 40.3 Å². The summed E-state index contributed by atoms with van der Waals surface area (Å²) in [7, 11) is 0. The zero-order valence-corrected chi connectivity index (χ0v) is 21.1. The van der Waals surface area contributed by atoms with Crippen LogP contribution in [0.25, 0.3) is 6.08 Å². The number of rotatable bonds is 10. The van der Waals surface area contributed by atoms with E-state index in [2.05, 4.69) is 59.8 Å². The summed E-state index contributed by atoms with van der Waals surface area (Å²) in [5, 5.41) is 5.45. The zero-order chi connectivity index (χ0) is 20.6. The van der Waals surface area contributed by atoms with Crippen molar-refractivity contribution in [3.05, 3.63) is 42.1 Å². The summed E-state index contributed by atoms with van der Waals surface area (Å²) in [6.45, 7) is 14.3. The first-order valence-corrected chi connectivity index (χ1v) is 17.4. The Bertz CT molecular complexity index is 602. The number of furan rings is 1. The molecule has 0 unspecified atom stereocenters. The Labute approximate surface area is 176 Å². The van der Waals surface area contributed by atoms with E-state index < -0.39 is 13.3 Å². The summed E-state index contributed by atoms with van der Waals surface area (Å²) in [4.78, 5) is 0. The van der Waals surface area contributed by atoms with E-state index in [1.54, 1.807) is 6.26 Å². The molecule has 1 aliphatic rings. The molecule has 0 amide bonds. The number of allylic oxidation sites excluding steroid dienone is 2. The van der Waals surface area contributed by atoms with Crippen LogP contribution in [0.1, 0.15) is 66.6 Å². The van der Waals surface area contributed by atoms with Crippen LogP contribution in [0.2, 0.25) is 21.0 Å². The van der Waals surface area contributed by atoms with E-state index in [-0.39, 0.29) is 0 Å². The number of hydrogen-bond acceptors (Lipinski definition) is 2. The summed E-state index contributed by atoms with van der Waals surface area (Å²) in [5.41, 5.74) is 0. The molecule has 1 aliphatic carbocycles. The fraction of sp³-hybridized carbons (Fsp3) is 0.680. The van der Waals surface area contributed by atoms with Crippen molar-refractivity contribution in [3.63, 3.8) is 0 Å². The Hall–Kier alpha value is -0.897. The minimum absolute atomic E-state index is 0.336.